The van der Waals surface area contributed by atoms with Crippen molar-refractivity contribution >= 4 is 17.1 Å². The normalized spacial score (nSPS) is 33.5. The molecule has 0 amide bonds. The largest absolute Gasteiger partial charge is 0.399 e. The molecule has 3 nitrogen and oxygen atoms in total. The summed E-state index contributed by atoms with van der Waals surface area (Å²) in [6.07, 6.45) is 7.47. The molecule has 0 spiro atoms. The fraction of sp³-hybridized carbons (Fsp3) is 0.357. The van der Waals surface area contributed by atoms with E-state index < -0.39 is 0 Å². The third-order valence-corrected chi connectivity index (χ3v) is 8.64. The van der Waals surface area contributed by atoms with Gasteiger partial charge in [0.2, 0.25) is 0 Å². The van der Waals surface area contributed by atoms with Gasteiger partial charge in [0.15, 0.2) is 0 Å². The van der Waals surface area contributed by atoms with Gasteiger partial charge in [0.05, 0.1) is 0 Å². The molecule has 0 heterocycles. The van der Waals surface area contributed by atoms with Crippen LogP contribution in [-0.2, 0) is 16.2 Å². The maximum Gasteiger partial charge on any atom is 0.0314 e. The molecule has 0 radical (unpaired) electrons. The molecule has 3 aromatic carbocycles. The van der Waals surface area contributed by atoms with Crippen LogP contribution in [-0.4, -0.2) is 0 Å². The smallest absolute Gasteiger partial charge is 0.0314 e. The first-order valence-electron chi connectivity index (χ1n) is 11.5. The van der Waals surface area contributed by atoms with Gasteiger partial charge >= 0.3 is 0 Å². The van der Waals surface area contributed by atoms with Crippen molar-refractivity contribution in [3.63, 3.8) is 0 Å². The van der Waals surface area contributed by atoms with E-state index in [0.717, 1.165) is 23.0 Å². The highest BCUT2D eigenvalue weighted by Crippen LogP contribution is 2.70. The molecule has 3 heteroatoms. The van der Waals surface area contributed by atoms with Crippen molar-refractivity contribution < 1.29 is 0 Å². The van der Waals surface area contributed by atoms with Gasteiger partial charge in [0.25, 0.3) is 0 Å². The molecule has 4 saturated carbocycles. The Morgan fingerprint density at radius 3 is 0.968 bits per heavy atom. The van der Waals surface area contributed by atoms with E-state index in [-0.39, 0.29) is 16.2 Å². The molecule has 3 aromatic rings. The van der Waals surface area contributed by atoms with Crippen molar-refractivity contribution in [2.75, 3.05) is 17.2 Å². The molecule has 0 unspecified atom stereocenters. The average molecular weight is 410 g/mol. The Morgan fingerprint density at radius 1 is 0.452 bits per heavy atom. The molecule has 4 aliphatic carbocycles. The Hall–Kier alpha value is -2.94. The zero-order chi connectivity index (χ0) is 21.3. The molecule has 0 aromatic heterocycles. The summed E-state index contributed by atoms with van der Waals surface area (Å²) in [6, 6.07) is 26.2. The van der Waals surface area contributed by atoms with Crippen LogP contribution in [0, 0.1) is 5.92 Å². The van der Waals surface area contributed by atoms with E-state index in [1.165, 1.54) is 55.2 Å². The van der Waals surface area contributed by atoms with Crippen LogP contribution in [0.4, 0.5) is 17.1 Å². The van der Waals surface area contributed by atoms with Gasteiger partial charge < -0.3 is 17.2 Å². The molecular weight excluding hydrogens is 378 g/mol. The van der Waals surface area contributed by atoms with Gasteiger partial charge in [0, 0.05) is 17.1 Å². The molecule has 0 aliphatic heterocycles. The van der Waals surface area contributed by atoms with Crippen molar-refractivity contribution in [2.45, 2.75) is 54.8 Å². The minimum Gasteiger partial charge on any atom is -0.399 e. The van der Waals surface area contributed by atoms with Crippen LogP contribution < -0.4 is 17.2 Å². The lowest BCUT2D eigenvalue weighted by Crippen LogP contribution is -2.61. The van der Waals surface area contributed by atoms with Crippen molar-refractivity contribution in [3.8, 4) is 0 Å². The Morgan fingerprint density at radius 2 is 0.710 bits per heavy atom. The minimum atomic E-state index is 0.190. The van der Waals surface area contributed by atoms with Crippen LogP contribution in [0.15, 0.2) is 72.8 Å². The van der Waals surface area contributed by atoms with E-state index in [0.29, 0.717) is 0 Å². The molecule has 0 atom stereocenters. The van der Waals surface area contributed by atoms with Gasteiger partial charge in [0.1, 0.15) is 0 Å². The Balaban J connectivity index is 1.54. The summed E-state index contributed by atoms with van der Waals surface area (Å²) in [4.78, 5) is 0. The standard InChI is InChI=1S/C28H31N3/c29-23-7-1-20(2-8-23)26-13-19-14-27(16-26,21-3-9-24(30)10-4-21)18-28(15-19,17-26)22-5-11-25(31)12-6-22/h1-12,19H,13-18,29-31H2. The number of nitrogen functional groups attached to an aromatic ring is 3. The van der Waals surface area contributed by atoms with Gasteiger partial charge in [-0.2, -0.15) is 0 Å². The third kappa shape index (κ3) is 2.79. The van der Waals surface area contributed by atoms with Crippen LogP contribution >= 0.6 is 0 Å². The summed E-state index contributed by atoms with van der Waals surface area (Å²) in [7, 11) is 0. The number of anilines is 3. The highest BCUT2D eigenvalue weighted by atomic mass is 14.7. The van der Waals surface area contributed by atoms with E-state index in [9.17, 15) is 0 Å². The summed E-state index contributed by atoms with van der Waals surface area (Å²) >= 11 is 0. The summed E-state index contributed by atoms with van der Waals surface area (Å²) in [5, 5.41) is 0. The van der Waals surface area contributed by atoms with Crippen LogP contribution in [0.5, 0.6) is 0 Å². The molecule has 4 aliphatic rings. The molecule has 31 heavy (non-hydrogen) atoms. The molecular formula is C28H31N3. The number of hydrogen-bond donors (Lipinski definition) is 3. The van der Waals surface area contributed by atoms with E-state index in [4.69, 9.17) is 17.2 Å². The molecule has 4 bridgehead atoms. The highest BCUT2D eigenvalue weighted by molar-refractivity contribution is 5.50. The second kappa shape index (κ2) is 6.29. The maximum atomic E-state index is 6.06. The number of benzene rings is 3. The molecule has 158 valence electrons. The first kappa shape index (κ1) is 18.8. The Bertz CT molecular complexity index is 960. The van der Waals surface area contributed by atoms with Gasteiger partial charge in [-0.15, -0.1) is 0 Å². The Kier molecular flexibility index (Phi) is 3.81. The first-order valence-corrected chi connectivity index (χ1v) is 11.5. The lowest BCUT2D eigenvalue weighted by Gasteiger charge is -2.67. The minimum absolute atomic E-state index is 0.190. The monoisotopic (exact) mass is 409 g/mol. The van der Waals surface area contributed by atoms with Gasteiger partial charge in [-0.25, -0.2) is 0 Å². The molecule has 7 rings (SSSR count). The van der Waals surface area contributed by atoms with Crippen molar-refractivity contribution in [3.05, 3.63) is 89.5 Å². The highest BCUT2D eigenvalue weighted by Gasteiger charge is 2.64. The van der Waals surface area contributed by atoms with Crippen molar-refractivity contribution in [2.24, 2.45) is 5.92 Å². The van der Waals surface area contributed by atoms with Crippen molar-refractivity contribution in [1.82, 2.24) is 0 Å². The number of rotatable bonds is 3. The maximum absolute atomic E-state index is 6.06. The summed E-state index contributed by atoms with van der Waals surface area (Å²) in [5.74, 6) is 0.726. The zero-order valence-electron chi connectivity index (χ0n) is 18.0. The predicted molar refractivity (Wildman–Crippen MR) is 129 cm³/mol. The predicted octanol–water partition coefficient (Wildman–Crippen LogP) is 5.54. The second-order valence-electron chi connectivity index (χ2n) is 10.7. The molecule has 4 fully saturated rings. The SMILES string of the molecule is Nc1ccc(C23CC4CC(c5ccc(N)cc5)(C2)CC(c2ccc(N)cc2)(C4)C3)cc1. The second-order valence-corrected chi connectivity index (χ2v) is 10.7. The number of nitrogens with two attached hydrogens (primary N) is 3. The quantitative estimate of drug-likeness (QED) is 0.497. The lowest BCUT2D eigenvalue weighted by atomic mass is 9.36. The van der Waals surface area contributed by atoms with Crippen LogP contribution in [0.2, 0.25) is 0 Å². The summed E-state index contributed by atoms with van der Waals surface area (Å²) in [5.41, 5.74) is 25.7. The molecule has 0 saturated heterocycles. The fourth-order valence-corrected chi connectivity index (χ4v) is 7.91. The first-order chi connectivity index (χ1) is 14.9. The van der Waals surface area contributed by atoms with Crippen LogP contribution in [0.3, 0.4) is 0 Å². The lowest BCUT2D eigenvalue weighted by molar-refractivity contribution is -0.0493. The number of hydrogen-bond acceptors (Lipinski definition) is 3. The van der Waals surface area contributed by atoms with E-state index in [2.05, 4.69) is 72.8 Å². The van der Waals surface area contributed by atoms with E-state index in [1.807, 2.05) is 0 Å². The molecule has 6 N–H and O–H groups in total. The average Bonchev–Trinajstić information content (AvgIpc) is 2.74. The van der Waals surface area contributed by atoms with Gasteiger partial charge in [-0.05, 0) is 114 Å². The van der Waals surface area contributed by atoms with E-state index >= 15 is 0 Å². The van der Waals surface area contributed by atoms with E-state index in [1.54, 1.807) is 0 Å². The van der Waals surface area contributed by atoms with Crippen molar-refractivity contribution in [1.29, 1.82) is 0 Å². The summed E-state index contributed by atoms with van der Waals surface area (Å²) < 4.78 is 0. The third-order valence-electron chi connectivity index (χ3n) is 8.64. The summed E-state index contributed by atoms with van der Waals surface area (Å²) in [6.45, 7) is 0. The Labute approximate surface area is 184 Å². The van der Waals surface area contributed by atoms with Crippen LogP contribution in [0.25, 0.3) is 0 Å². The topological polar surface area (TPSA) is 78.1 Å². The van der Waals surface area contributed by atoms with Gasteiger partial charge in [-0.1, -0.05) is 36.4 Å². The van der Waals surface area contributed by atoms with Crippen LogP contribution in [0.1, 0.15) is 55.2 Å². The van der Waals surface area contributed by atoms with Gasteiger partial charge in [-0.3, -0.25) is 0 Å². The zero-order valence-corrected chi connectivity index (χ0v) is 18.0. The fourth-order valence-electron chi connectivity index (χ4n) is 7.91.